The SMILES string of the molecule is CC1CCCC(NCC(O)c2cccc(F)c2)CC1. The highest BCUT2D eigenvalue weighted by atomic mass is 19.1. The smallest absolute Gasteiger partial charge is 0.123 e. The fourth-order valence-electron chi connectivity index (χ4n) is 2.80. The molecule has 0 saturated heterocycles. The van der Waals surface area contributed by atoms with Gasteiger partial charge in [-0.3, -0.25) is 0 Å². The summed E-state index contributed by atoms with van der Waals surface area (Å²) >= 11 is 0. The Morgan fingerprint density at radius 3 is 2.95 bits per heavy atom. The summed E-state index contributed by atoms with van der Waals surface area (Å²) in [5, 5.41) is 13.5. The highest BCUT2D eigenvalue weighted by Gasteiger charge is 2.17. The minimum atomic E-state index is -0.628. The Morgan fingerprint density at radius 1 is 1.32 bits per heavy atom. The van der Waals surface area contributed by atoms with Crippen LogP contribution in [0.1, 0.15) is 50.7 Å². The van der Waals surface area contributed by atoms with Crippen molar-refractivity contribution < 1.29 is 9.50 Å². The first-order chi connectivity index (χ1) is 9.15. The quantitative estimate of drug-likeness (QED) is 0.818. The number of rotatable bonds is 4. The average molecular weight is 265 g/mol. The molecule has 0 aliphatic heterocycles. The van der Waals surface area contributed by atoms with Crippen LogP contribution in [0.3, 0.4) is 0 Å². The second-order valence-corrected chi connectivity index (χ2v) is 5.79. The standard InChI is InChI=1S/C16H24FNO/c1-12-4-2-7-15(9-8-12)18-11-16(19)13-5-3-6-14(17)10-13/h3,5-6,10,12,15-16,18-19H,2,4,7-9,11H2,1H3. The lowest BCUT2D eigenvalue weighted by atomic mass is 10.0. The molecule has 1 aromatic carbocycles. The van der Waals surface area contributed by atoms with E-state index in [-0.39, 0.29) is 5.82 Å². The molecule has 19 heavy (non-hydrogen) atoms. The van der Waals surface area contributed by atoms with Gasteiger partial charge in [-0.1, -0.05) is 31.9 Å². The number of aliphatic hydroxyl groups excluding tert-OH is 1. The molecule has 1 saturated carbocycles. The van der Waals surface area contributed by atoms with E-state index >= 15 is 0 Å². The maximum atomic E-state index is 13.1. The maximum absolute atomic E-state index is 13.1. The summed E-state index contributed by atoms with van der Waals surface area (Å²) in [5.74, 6) is 0.528. The highest BCUT2D eigenvalue weighted by Crippen LogP contribution is 2.23. The molecule has 0 amide bonds. The largest absolute Gasteiger partial charge is 0.387 e. The molecular formula is C16H24FNO. The first kappa shape index (κ1) is 14.5. The number of halogens is 1. The summed E-state index contributed by atoms with van der Waals surface area (Å²) in [7, 11) is 0. The third-order valence-electron chi connectivity index (χ3n) is 4.09. The van der Waals surface area contributed by atoms with Gasteiger partial charge >= 0.3 is 0 Å². The van der Waals surface area contributed by atoms with Gasteiger partial charge in [0.2, 0.25) is 0 Å². The molecule has 0 spiro atoms. The molecule has 1 aromatic rings. The normalized spacial score (nSPS) is 25.8. The van der Waals surface area contributed by atoms with Crippen molar-refractivity contribution in [2.24, 2.45) is 5.92 Å². The first-order valence-electron chi connectivity index (χ1n) is 7.32. The molecule has 1 aliphatic carbocycles. The topological polar surface area (TPSA) is 32.3 Å². The minimum absolute atomic E-state index is 0.292. The first-order valence-corrected chi connectivity index (χ1v) is 7.32. The Hall–Kier alpha value is -0.930. The molecule has 1 aliphatic rings. The zero-order valence-corrected chi connectivity index (χ0v) is 11.6. The van der Waals surface area contributed by atoms with E-state index in [1.807, 2.05) is 0 Å². The lowest BCUT2D eigenvalue weighted by Crippen LogP contribution is -2.32. The van der Waals surface area contributed by atoms with Gasteiger partial charge < -0.3 is 10.4 Å². The lowest BCUT2D eigenvalue weighted by molar-refractivity contribution is 0.167. The van der Waals surface area contributed by atoms with Gasteiger partial charge in [-0.2, -0.15) is 0 Å². The second-order valence-electron chi connectivity index (χ2n) is 5.79. The van der Waals surface area contributed by atoms with Crippen molar-refractivity contribution in [3.63, 3.8) is 0 Å². The van der Waals surface area contributed by atoms with Crippen molar-refractivity contribution in [2.75, 3.05) is 6.54 Å². The van der Waals surface area contributed by atoms with Gasteiger partial charge in [-0.15, -0.1) is 0 Å². The van der Waals surface area contributed by atoms with Crippen LogP contribution in [0.2, 0.25) is 0 Å². The molecule has 0 radical (unpaired) electrons. The molecule has 0 bridgehead atoms. The van der Waals surface area contributed by atoms with E-state index in [1.165, 1.54) is 44.2 Å². The summed E-state index contributed by atoms with van der Waals surface area (Å²) in [4.78, 5) is 0. The van der Waals surface area contributed by atoms with E-state index < -0.39 is 6.10 Å². The number of nitrogens with one attached hydrogen (secondary N) is 1. The van der Waals surface area contributed by atoms with Gasteiger partial charge in [0.05, 0.1) is 6.10 Å². The van der Waals surface area contributed by atoms with Crippen LogP contribution in [0.15, 0.2) is 24.3 Å². The zero-order valence-electron chi connectivity index (χ0n) is 11.6. The predicted molar refractivity (Wildman–Crippen MR) is 75.4 cm³/mol. The summed E-state index contributed by atoms with van der Waals surface area (Å²) in [5.41, 5.74) is 0.648. The van der Waals surface area contributed by atoms with E-state index in [0.717, 1.165) is 5.92 Å². The van der Waals surface area contributed by atoms with Crippen LogP contribution in [0.25, 0.3) is 0 Å². The van der Waals surface area contributed by atoms with Crippen molar-refractivity contribution in [3.8, 4) is 0 Å². The van der Waals surface area contributed by atoms with Crippen LogP contribution in [-0.4, -0.2) is 17.7 Å². The third kappa shape index (κ3) is 4.59. The van der Waals surface area contributed by atoms with Gasteiger partial charge in [-0.05, 0) is 42.9 Å². The van der Waals surface area contributed by atoms with Gasteiger partial charge in [-0.25, -0.2) is 4.39 Å². The molecule has 3 unspecified atom stereocenters. The van der Waals surface area contributed by atoms with Crippen molar-refractivity contribution >= 4 is 0 Å². The summed E-state index contributed by atoms with van der Waals surface area (Å²) in [6.07, 6.45) is 5.56. The van der Waals surface area contributed by atoms with Gasteiger partial charge in [0.15, 0.2) is 0 Å². The number of benzene rings is 1. The van der Waals surface area contributed by atoms with Crippen molar-refractivity contribution in [2.45, 2.75) is 51.2 Å². The van der Waals surface area contributed by atoms with Crippen LogP contribution in [0.5, 0.6) is 0 Å². The molecule has 0 heterocycles. The Labute approximate surface area is 115 Å². The van der Waals surface area contributed by atoms with Gasteiger partial charge in [0, 0.05) is 12.6 Å². The van der Waals surface area contributed by atoms with E-state index in [1.54, 1.807) is 12.1 Å². The molecule has 1 fully saturated rings. The minimum Gasteiger partial charge on any atom is -0.387 e. The number of aliphatic hydroxyl groups is 1. The van der Waals surface area contributed by atoms with E-state index in [9.17, 15) is 9.50 Å². The van der Waals surface area contributed by atoms with Gasteiger partial charge in [0.1, 0.15) is 5.82 Å². The molecular weight excluding hydrogens is 241 g/mol. The zero-order chi connectivity index (χ0) is 13.7. The summed E-state index contributed by atoms with van der Waals surface area (Å²) in [6, 6.07) is 6.71. The Bertz CT molecular complexity index is 396. The average Bonchev–Trinajstić information content (AvgIpc) is 2.61. The van der Waals surface area contributed by atoms with Gasteiger partial charge in [0.25, 0.3) is 0 Å². The third-order valence-corrected chi connectivity index (χ3v) is 4.09. The molecule has 3 atom stereocenters. The Balaban J connectivity index is 1.81. The van der Waals surface area contributed by atoms with Crippen LogP contribution >= 0.6 is 0 Å². The fourth-order valence-corrected chi connectivity index (χ4v) is 2.80. The Morgan fingerprint density at radius 2 is 2.16 bits per heavy atom. The van der Waals surface area contributed by atoms with Crippen molar-refractivity contribution in [3.05, 3.63) is 35.6 Å². The van der Waals surface area contributed by atoms with Crippen LogP contribution in [0, 0.1) is 11.7 Å². The molecule has 3 heteroatoms. The Kier molecular flexibility index (Phi) is 5.34. The molecule has 2 N–H and O–H groups in total. The molecule has 2 nitrogen and oxygen atoms in total. The van der Waals surface area contributed by atoms with Crippen molar-refractivity contribution in [1.82, 2.24) is 5.32 Å². The van der Waals surface area contributed by atoms with Crippen LogP contribution in [0.4, 0.5) is 4.39 Å². The number of hydrogen-bond acceptors (Lipinski definition) is 2. The molecule has 0 aromatic heterocycles. The maximum Gasteiger partial charge on any atom is 0.123 e. The predicted octanol–water partition coefficient (Wildman–Crippen LogP) is 3.42. The van der Waals surface area contributed by atoms with E-state index in [2.05, 4.69) is 12.2 Å². The number of hydrogen-bond donors (Lipinski definition) is 2. The second kappa shape index (κ2) is 7.01. The molecule has 2 rings (SSSR count). The highest BCUT2D eigenvalue weighted by molar-refractivity contribution is 5.18. The van der Waals surface area contributed by atoms with Crippen LogP contribution < -0.4 is 5.32 Å². The van der Waals surface area contributed by atoms with Crippen LogP contribution in [-0.2, 0) is 0 Å². The van der Waals surface area contributed by atoms with E-state index in [4.69, 9.17) is 0 Å². The summed E-state index contributed by atoms with van der Waals surface area (Å²) < 4.78 is 13.1. The fraction of sp³-hybridized carbons (Fsp3) is 0.625. The monoisotopic (exact) mass is 265 g/mol. The lowest BCUT2D eigenvalue weighted by Gasteiger charge is -2.19. The molecule has 106 valence electrons. The summed E-state index contributed by atoms with van der Waals surface area (Å²) in [6.45, 7) is 2.81. The van der Waals surface area contributed by atoms with E-state index in [0.29, 0.717) is 18.2 Å². The van der Waals surface area contributed by atoms with Crippen molar-refractivity contribution in [1.29, 1.82) is 0 Å².